The van der Waals surface area contributed by atoms with E-state index in [1.807, 2.05) is 0 Å². The average Bonchev–Trinajstić information content (AvgIpc) is 2.78. The van der Waals surface area contributed by atoms with E-state index in [1.54, 1.807) is 19.9 Å². The molecule has 1 unspecified atom stereocenters. The number of azo groups is 1. The van der Waals surface area contributed by atoms with Gasteiger partial charge in [-0.1, -0.05) is 23.2 Å². The lowest BCUT2D eigenvalue weighted by molar-refractivity contribution is -0.126. The molecule has 1 amide bonds. The van der Waals surface area contributed by atoms with Crippen LogP contribution in [0.2, 0.25) is 10.0 Å². The zero-order valence-electron chi connectivity index (χ0n) is 18.9. The van der Waals surface area contributed by atoms with Crippen molar-refractivity contribution >= 4 is 46.3 Å². The first kappa shape index (κ1) is 26.2. The number of nitrogens with zero attached hydrogens (tertiary/aromatic N) is 2. The Kier molecular flexibility index (Phi) is 9.74. The van der Waals surface area contributed by atoms with E-state index in [9.17, 15) is 9.59 Å². The van der Waals surface area contributed by atoms with Gasteiger partial charge in [-0.25, -0.2) is 0 Å². The lowest BCUT2D eigenvalue weighted by atomic mass is 10.2. The molecule has 0 fully saturated rings. The van der Waals surface area contributed by atoms with Crippen LogP contribution in [0.3, 0.4) is 0 Å². The van der Waals surface area contributed by atoms with Crippen molar-refractivity contribution in [3.8, 4) is 23.0 Å². The van der Waals surface area contributed by atoms with Crippen LogP contribution in [0.15, 0.2) is 34.5 Å². The van der Waals surface area contributed by atoms with Crippen molar-refractivity contribution < 1.29 is 28.5 Å². The molecule has 2 rings (SSSR count). The highest BCUT2D eigenvalue weighted by Crippen LogP contribution is 2.40. The Morgan fingerprint density at radius 1 is 0.970 bits per heavy atom. The van der Waals surface area contributed by atoms with Crippen LogP contribution in [0.25, 0.3) is 0 Å². The van der Waals surface area contributed by atoms with Crippen molar-refractivity contribution in [3.63, 3.8) is 0 Å². The molecule has 9 nitrogen and oxygen atoms in total. The van der Waals surface area contributed by atoms with Gasteiger partial charge in [0.2, 0.25) is 6.04 Å². The Morgan fingerprint density at radius 2 is 1.58 bits per heavy atom. The van der Waals surface area contributed by atoms with Crippen molar-refractivity contribution in [3.05, 3.63) is 34.3 Å². The van der Waals surface area contributed by atoms with Crippen molar-refractivity contribution in [1.82, 2.24) is 0 Å². The van der Waals surface area contributed by atoms with Gasteiger partial charge in [0.1, 0.15) is 21.5 Å². The molecular formula is C22H25Cl2N3O6. The summed E-state index contributed by atoms with van der Waals surface area (Å²) in [6, 6.07) is 4.76. The third kappa shape index (κ3) is 6.49. The summed E-state index contributed by atoms with van der Waals surface area (Å²) in [6.45, 7) is 5.59. The standard InChI is InChI=1S/C22H25Cl2N3O6/c1-6-32-16-10-13(11-17(19(16)24)33-7-2)26-27-20(12(3)28)22(29)25-14-8-9-15(30-4)21(31-5)18(14)23/h8-11,20H,6-7H2,1-5H3,(H,25,29). The van der Waals surface area contributed by atoms with Gasteiger partial charge in [0, 0.05) is 12.1 Å². The molecule has 1 N–H and O–H groups in total. The maximum absolute atomic E-state index is 12.8. The molecule has 178 valence electrons. The van der Waals surface area contributed by atoms with Crippen molar-refractivity contribution in [2.24, 2.45) is 10.2 Å². The van der Waals surface area contributed by atoms with Gasteiger partial charge in [-0.2, -0.15) is 10.2 Å². The van der Waals surface area contributed by atoms with E-state index >= 15 is 0 Å². The number of ketones is 1. The van der Waals surface area contributed by atoms with Crippen molar-refractivity contribution in [2.75, 3.05) is 32.8 Å². The Morgan fingerprint density at radius 3 is 2.06 bits per heavy atom. The molecule has 0 aromatic heterocycles. The van der Waals surface area contributed by atoms with Gasteiger partial charge in [0.15, 0.2) is 17.3 Å². The molecule has 0 saturated heterocycles. The molecule has 0 heterocycles. The highest BCUT2D eigenvalue weighted by Gasteiger charge is 2.25. The number of rotatable bonds is 11. The smallest absolute Gasteiger partial charge is 0.258 e. The molecule has 0 bridgehead atoms. The maximum Gasteiger partial charge on any atom is 0.258 e. The summed E-state index contributed by atoms with van der Waals surface area (Å²) in [5.74, 6) is 0.0913. The van der Waals surface area contributed by atoms with Crippen LogP contribution in [-0.2, 0) is 9.59 Å². The normalized spacial score (nSPS) is 11.7. The second kappa shape index (κ2) is 12.3. The van der Waals surface area contributed by atoms with Gasteiger partial charge in [0.05, 0.1) is 38.8 Å². The number of ether oxygens (including phenoxy) is 4. The van der Waals surface area contributed by atoms with Crippen LogP contribution in [0.4, 0.5) is 11.4 Å². The van der Waals surface area contributed by atoms with Gasteiger partial charge in [-0.3, -0.25) is 9.59 Å². The molecule has 0 aliphatic rings. The third-order valence-electron chi connectivity index (χ3n) is 4.26. The maximum atomic E-state index is 12.8. The van der Waals surface area contributed by atoms with E-state index < -0.39 is 17.7 Å². The number of hydrogen-bond acceptors (Lipinski definition) is 8. The van der Waals surface area contributed by atoms with Gasteiger partial charge >= 0.3 is 0 Å². The minimum Gasteiger partial charge on any atom is -0.493 e. The largest absolute Gasteiger partial charge is 0.493 e. The summed E-state index contributed by atoms with van der Waals surface area (Å²) in [7, 11) is 2.88. The summed E-state index contributed by atoms with van der Waals surface area (Å²) >= 11 is 12.6. The Bertz CT molecular complexity index is 1020. The van der Waals surface area contributed by atoms with E-state index in [2.05, 4.69) is 15.5 Å². The summed E-state index contributed by atoms with van der Waals surface area (Å²) in [5, 5.41) is 11.0. The molecule has 0 radical (unpaired) electrons. The highest BCUT2D eigenvalue weighted by molar-refractivity contribution is 6.35. The van der Waals surface area contributed by atoms with Gasteiger partial charge in [-0.05, 0) is 32.9 Å². The fraction of sp³-hybridized carbons (Fsp3) is 0.364. The molecule has 2 aromatic rings. The number of halogens is 2. The van der Waals surface area contributed by atoms with Crippen LogP contribution >= 0.6 is 23.2 Å². The van der Waals surface area contributed by atoms with Crippen LogP contribution in [-0.4, -0.2) is 45.2 Å². The Labute approximate surface area is 202 Å². The molecule has 11 heteroatoms. The zero-order chi connectivity index (χ0) is 24.5. The van der Waals surface area contributed by atoms with Gasteiger partial charge < -0.3 is 24.3 Å². The molecule has 0 aliphatic heterocycles. The molecule has 1 atom stereocenters. The van der Waals surface area contributed by atoms with Crippen molar-refractivity contribution in [2.45, 2.75) is 26.8 Å². The molecule has 2 aromatic carbocycles. The minimum atomic E-state index is -1.42. The van der Waals surface area contributed by atoms with Crippen molar-refractivity contribution in [1.29, 1.82) is 0 Å². The third-order valence-corrected chi connectivity index (χ3v) is 5.00. The number of carbonyl (C=O) groups is 2. The predicted octanol–water partition coefficient (Wildman–Crippen LogP) is 5.49. The van der Waals surface area contributed by atoms with E-state index in [1.165, 1.54) is 39.3 Å². The number of hydrogen-bond donors (Lipinski definition) is 1. The fourth-order valence-corrected chi connectivity index (χ4v) is 3.27. The SMILES string of the molecule is CCOc1cc(N=NC(C(C)=O)C(=O)Nc2ccc(OC)c(OC)c2Cl)cc(OCC)c1Cl. The van der Waals surface area contributed by atoms with E-state index in [-0.39, 0.29) is 16.5 Å². The first-order chi connectivity index (χ1) is 15.8. The second-order valence-corrected chi connectivity index (χ2v) is 7.26. The van der Waals surface area contributed by atoms with Crippen LogP contribution in [0.5, 0.6) is 23.0 Å². The van der Waals surface area contributed by atoms with E-state index in [0.717, 1.165) is 0 Å². The summed E-state index contributed by atoms with van der Waals surface area (Å²) in [5.41, 5.74) is 0.527. The number of carbonyl (C=O) groups excluding carboxylic acids is 2. The second-order valence-electron chi connectivity index (χ2n) is 6.50. The number of benzene rings is 2. The first-order valence-corrected chi connectivity index (χ1v) is 10.7. The lowest BCUT2D eigenvalue weighted by Gasteiger charge is -2.15. The molecule has 33 heavy (non-hydrogen) atoms. The number of amides is 1. The van der Waals surface area contributed by atoms with E-state index in [4.69, 9.17) is 42.1 Å². The number of nitrogens with one attached hydrogen (secondary N) is 1. The summed E-state index contributed by atoms with van der Waals surface area (Å²) in [4.78, 5) is 24.9. The van der Waals surface area contributed by atoms with Crippen LogP contribution in [0, 0.1) is 0 Å². The zero-order valence-corrected chi connectivity index (χ0v) is 20.4. The van der Waals surface area contributed by atoms with Gasteiger partial charge in [0.25, 0.3) is 5.91 Å². The molecule has 0 aliphatic carbocycles. The summed E-state index contributed by atoms with van der Waals surface area (Å²) < 4.78 is 21.4. The summed E-state index contributed by atoms with van der Waals surface area (Å²) in [6.07, 6.45) is 0. The van der Waals surface area contributed by atoms with Crippen LogP contribution in [0.1, 0.15) is 20.8 Å². The lowest BCUT2D eigenvalue weighted by Crippen LogP contribution is -2.31. The first-order valence-electron chi connectivity index (χ1n) is 9.99. The highest BCUT2D eigenvalue weighted by atomic mass is 35.5. The number of Topliss-reactive ketones (excluding diaryl/α,β-unsaturated/α-hetero) is 1. The van der Waals surface area contributed by atoms with Crippen LogP contribution < -0.4 is 24.3 Å². The van der Waals surface area contributed by atoms with Gasteiger partial charge in [-0.15, -0.1) is 0 Å². The Balaban J connectivity index is 2.33. The molecule has 0 saturated carbocycles. The number of anilines is 1. The average molecular weight is 498 g/mol. The predicted molar refractivity (Wildman–Crippen MR) is 126 cm³/mol. The number of methoxy groups -OCH3 is 2. The Hall–Kier alpha value is -3.04. The quantitative estimate of drug-likeness (QED) is 0.324. The minimum absolute atomic E-state index is 0.116. The van der Waals surface area contributed by atoms with E-state index in [0.29, 0.717) is 41.2 Å². The molecular weight excluding hydrogens is 473 g/mol. The monoisotopic (exact) mass is 497 g/mol. The fourth-order valence-electron chi connectivity index (χ4n) is 2.77. The molecule has 0 spiro atoms. The topological polar surface area (TPSA) is 108 Å².